The molecule has 5 heteroatoms. The molecule has 0 aliphatic carbocycles. The molecule has 0 saturated carbocycles. The van der Waals surface area contributed by atoms with Crippen LogP contribution in [0.25, 0.3) is 17.0 Å². The fraction of sp³-hybridized carbons (Fsp3) is 0.0556. The molecule has 0 aliphatic rings. The molecule has 0 amide bonds. The molecule has 0 fully saturated rings. The van der Waals surface area contributed by atoms with Gasteiger partial charge in [-0.3, -0.25) is 4.98 Å². The number of pyridine rings is 2. The molecule has 23 heavy (non-hydrogen) atoms. The van der Waals surface area contributed by atoms with Gasteiger partial charge in [0.05, 0.1) is 5.52 Å². The average molecular weight is 325 g/mol. The molecule has 0 radical (unpaired) electrons. The third kappa shape index (κ3) is 3.93. The topological polar surface area (TPSA) is 52.1 Å². The van der Waals surface area contributed by atoms with Crippen molar-refractivity contribution in [3.05, 3.63) is 77.2 Å². The van der Waals surface area contributed by atoms with Gasteiger partial charge in [-0.25, -0.2) is 9.78 Å². The van der Waals surface area contributed by atoms with E-state index in [2.05, 4.69) is 9.97 Å². The summed E-state index contributed by atoms with van der Waals surface area (Å²) in [7, 11) is 0. The van der Waals surface area contributed by atoms with Gasteiger partial charge in [0.1, 0.15) is 11.8 Å². The molecule has 114 valence electrons. The van der Waals surface area contributed by atoms with E-state index in [0.717, 1.165) is 22.0 Å². The molecule has 2 aromatic heterocycles. The number of nitrogens with zero attached hydrogens (tertiary/aromatic N) is 2. The molecule has 3 rings (SSSR count). The molecule has 0 N–H and O–H groups in total. The molecular formula is C18H13ClN2O2. The van der Waals surface area contributed by atoms with E-state index in [1.54, 1.807) is 30.6 Å². The first-order valence-electron chi connectivity index (χ1n) is 7.01. The average Bonchev–Trinajstić information content (AvgIpc) is 2.59. The Kier molecular flexibility index (Phi) is 4.64. The van der Waals surface area contributed by atoms with E-state index in [1.807, 2.05) is 30.3 Å². The van der Waals surface area contributed by atoms with Gasteiger partial charge in [0.15, 0.2) is 0 Å². The number of aromatic nitrogens is 2. The lowest BCUT2D eigenvalue weighted by molar-refractivity contribution is -0.138. The number of carbonyl (C=O) groups excluding carboxylic acids is 1. The largest absolute Gasteiger partial charge is 0.458 e. The van der Waals surface area contributed by atoms with E-state index in [9.17, 15) is 4.79 Å². The Morgan fingerprint density at radius 3 is 2.83 bits per heavy atom. The van der Waals surface area contributed by atoms with Crippen molar-refractivity contribution >= 4 is 34.5 Å². The van der Waals surface area contributed by atoms with E-state index < -0.39 is 5.97 Å². The predicted octanol–water partition coefficient (Wildman–Crippen LogP) is 4.04. The Balaban J connectivity index is 1.67. The normalized spacial score (nSPS) is 11.0. The second-order valence-electron chi connectivity index (χ2n) is 4.85. The first-order chi connectivity index (χ1) is 11.2. The minimum absolute atomic E-state index is 0.154. The summed E-state index contributed by atoms with van der Waals surface area (Å²) in [4.78, 5) is 20.1. The highest BCUT2D eigenvalue weighted by Gasteiger charge is 2.02. The van der Waals surface area contributed by atoms with Crippen LogP contribution in [0, 0.1) is 0 Å². The Hall–Kier alpha value is -2.72. The van der Waals surface area contributed by atoms with Crippen molar-refractivity contribution in [3.8, 4) is 0 Å². The number of esters is 1. The monoisotopic (exact) mass is 324 g/mol. The number of hydrogen-bond donors (Lipinski definition) is 0. The first-order valence-corrected chi connectivity index (χ1v) is 7.39. The minimum Gasteiger partial charge on any atom is -0.458 e. The number of ether oxygens (including phenoxy) is 1. The quantitative estimate of drug-likeness (QED) is 0.413. The van der Waals surface area contributed by atoms with Crippen LogP contribution in [-0.4, -0.2) is 15.9 Å². The number of halogens is 1. The van der Waals surface area contributed by atoms with E-state index in [1.165, 1.54) is 6.08 Å². The van der Waals surface area contributed by atoms with Crippen LogP contribution in [-0.2, 0) is 16.1 Å². The number of para-hydroxylation sites is 1. The third-order valence-electron chi connectivity index (χ3n) is 3.23. The van der Waals surface area contributed by atoms with Crippen LogP contribution < -0.4 is 0 Å². The zero-order valence-corrected chi connectivity index (χ0v) is 12.9. The van der Waals surface area contributed by atoms with Gasteiger partial charge in [-0.1, -0.05) is 41.9 Å². The SMILES string of the molecule is O=C(/C=C/c1cccc2cccnc12)OCc1ccc(Cl)nc1. The van der Waals surface area contributed by atoms with E-state index in [-0.39, 0.29) is 6.61 Å². The van der Waals surface area contributed by atoms with Crippen LogP contribution >= 0.6 is 11.6 Å². The van der Waals surface area contributed by atoms with Gasteiger partial charge in [-0.05, 0) is 18.2 Å². The smallest absolute Gasteiger partial charge is 0.331 e. The van der Waals surface area contributed by atoms with Crippen molar-refractivity contribution in [1.82, 2.24) is 9.97 Å². The fourth-order valence-electron chi connectivity index (χ4n) is 2.11. The van der Waals surface area contributed by atoms with Crippen LogP contribution in [0.5, 0.6) is 0 Å². The molecule has 0 spiro atoms. The Morgan fingerprint density at radius 1 is 1.13 bits per heavy atom. The van der Waals surface area contributed by atoms with Gasteiger partial charge >= 0.3 is 5.97 Å². The van der Waals surface area contributed by atoms with Gasteiger partial charge in [0, 0.05) is 35.0 Å². The maximum Gasteiger partial charge on any atom is 0.331 e. The lowest BCUT2D eigenvalue weighted by Crippen LogP contribution is -2.01. The zero-order valence-electron chi connectivity index (χ0n) is 12.1. The minimum atomic E-state index is -0.423. The van der Waals surface area contributed by atoms with Crippen molar-refractivity contribution < 1.29 is 9.53 Å². The van der Waals surface area contributed by atoms with Crippen molar-refractivity contribution in [2.24, 2.45) is 0 Å². The number of benzene rings is 1. The summed E-state index contributed by atoms with van der Waals surface area (Å²) in [5, 5.41) is 1.43. The molecule has 0 unspecified atom stereocenters. The van der Waals surface area contributed by atoms with Crippen LogP contribution in [0.1, 0.15) is 11.1 Å². The van der Waals surface area contributed by atoms with Gasteiger partial charge in [-0.2, -0.15) is 0 Å². The summed E-state index contributed by atoms with van der Waals surface area (Å²) in [6.45, 7) is 0.154. The molecule has 1 aromatic carbocycles. The molecule has 0 bridgehead atoms. The summed E-state index contributed by atoms with van der Waals surface area (Å²) in [5.41, 5.74) is 2.50. The van der Waals surface area contributed by atoms with Crippen molar-refractivity contribution in [2.75, 3.05) is 0 Å². The lowest BCUT2D eigenvalue weighted by atomic mass is 10.1. The molecule has 4 nitrogen and oxygen atoms in total. The van der Waals surface area contributed by atoms with Crippen molar-refractivity contribution in [3.63, 3.8) is 0 Å². The highest BCUT2D eigenvalue weighted by molar-refractivity contribution is 6.29. The summed E-state index contributed by atoms with van der Waals surface area (Å²) < 4.78 is 5.17. The lowest BCUT2D eigenvalue weighted by Gasteiger charge is -2.02. The summed E-state index contributed by atoms with van der Waals surface area (Å²) >= 11 is 5.70. The van der Waals surface area contributed by atoms with Crippen LogP contribution in [0.3, 0.4) is 0 Å². The molecule has 3 aromatic rings. The predicted molar refractivity (Wildman–Crippen MR) is 89.8 cm³/mol. The van der Waals surface area contributed by atoms with E-state index in [4.69, 9.17) is 16.3 Å². The fourth-order valence-corrected chi connectivity index (χ4v) is 2.23. The number of hydrogen-bond acceptors (Lipinski definition) is 4. The van der Waals surface area contributed by atoms with E-state index in [0.29, 0.717) is 5.15 Å². The first kappa shape index (κ1) is 15.2. The molecule has 0 atom stereocenters. The van der Waals surface area contributed by atoms with Gasteiger partial charge in [0.25, 0.3) is 0 Å². The van der Waals surface area contributed by atoms with Crippen LogP contribution in [0.15, 0.2) is 60.9 Å². The highest BCUT2D eigenvalue weighted by atomic mass is 35.5. The molecule has 2 heterocycles. The summed E-state index contributed by atoms with van der Waals surface area (Å²) in [5.74, 6) is -0.423. The highest BCUT2D eigenvalue weighted by Crippen LogP contribution is 2.17. The molecular weight excluding hydrogens is 312 g/mol. The van der Waals surface area contributed by atoms with Gasteiger partial charge < -0.3 is 4.74 Å². The maximum absolute atomic E-state index is 11.8. The number of fused-ring (bicyclic) bond motifs is 1. The van der Waals surface area contributed by atoms with Crippen LogP contribution in [0.2, 0.25) is 5.15 Å². The summed E-state index contributed by atoms with van der Waals surface area (Å²) in [6, 6.07) is 13.1. The molecule has 0 saturated heterocycles. The second-order valence-corrected chi connectivity index (χ2v) is 5.24. The third-order valence-corrected chi connectivity index (χ3v) is 3.46. The maximum atomic E-state index is 11.8. The standard InChI is InChI=1S/C18H13ClN2O2/c19-16-8-6-13(11-21-16)12-23-17(22)9-7-15-4-1-3-14-5-2-10-20-18(14)15/h1-11H,12H2/b9-7+. The zero-order chi connectivity index (χ0) is 16.1. The van der Waals surface area contributed by atoms with Crippen molar-refractivity contribution in [1.29, 1.82) is 0 Å². The Morgan fingerprint density at radius 2 is 2.00 bits per heavy atom. The Bertz CT molecular complexity index is 855. The van der Waals surface area contributed by atoms with Gasteiger partial charge in [0.2, 0.25) is 0 Å². The van der Waals surface area contributed by atoms with E-state index >= 15 is 0 Å². The van der Waals surface area contributed by atoms with Crippen LogP contribution in [0.4, 0.5) is 0 Å². The summed E-state index contributed by atoms with van der Waals surface area (Å²) in [6.07, 6.45) is 6.41. The number of rotatable bonds is 4. The van der Waals surface area contributed by atoms with Gasteiger partial charge in [-0.15, -0.1) is 0 Å². The Labute approximate surface area is 138 Å². The van der Waals surface area contributed by atoms with Crippen molar-refractivity contribution in [2.45, 2.75) is 6.61 Å². The number of carbonyl (C=O) groups is 1. The second kappa shape index (κ2) is 7.03. The molecule has 0 aliphatic heterocycles.